The van der Waals surface area contributed by atoms with Crippen LogP contribution in [0.1, 0.15) is 25.8 Å². The highest BCUT2D eigenvalue weighted by Gasteiger charge is 2.19. The summed E-state index contributed by atoms with van der Waals surface area (Å²) in [4.78, 5) is 0. The molecule has 0 atom stereocenters. The second-order valence-corrected chi connectivity index (χ2v) is 5.73. The van der Waals surface area contributed by atoms with Crippen molar-refractivity contribution in [1.29, 1.82) is 0 Å². The molecule has 0 spiro atoms. The first-order valence-electron chi connectivity index (χ1n) is 5.47. The van der Waals surface area contributed by atoms with Gasteiger partial charge in [-0.15, -0.1) is 15.3 Å². The average molecular weight is 252 g/mol. The van der Waals surface area contributed by atoms with Crippen LogP contribution in [-0.2, 0) is 12.0 Å². The van der Waals surface area contributed by atoms with Gasteiger partial charge in [0.25, 0.3) is 0 Å². The summed E-state index contributed by atoms with van der Waals surface area (Å²) in [6, 6.07) is 0. The number of hydrogen-bond acceptors (Lipinski definition) is 6. The monoisotopic (exact) mass is 252 g/mol. The average Bonchev–Trinajstić information content (AvgIpc) is 2.86. The first-order chi connectivity index (χ1) is 8.05. The molecule has 6 nitrogen and oxygen atoms in total. The summed E-state index contributed by atoms with van der Waals surface area (Å²) in [6.45, 7) is 7.93. The highest BCUT2D eigenvalue weighted by Crippen LogP contribution is 2.27. The van der Waals surface area contributed by atoms with E-state index in [1.165, 1.54) is 0 Å². The predicted octanol–water partition coefficient (Wildman–Crippen LogP) is 1.54. The van der Waals surface area contributed by atoms with Crippen LogP contribution in [0, 0.1) is 0 Å². The summed E-state index contributed by atoms with van der Waals surface area (Å²) in [5, 5.41) is 21.0. The van der Waals surface area contributed by atoms with Gasteiger partial charge >= 0.3 is 0 Å². The normalized spacial score (nSPS) is 11.7. The summed E-state index contributed by atoms with van der Waals surface area (Å²) in [5.41, 5.74) is 0.0590. The van der Waals surface area contributed by atoms with Crippen LogP contribution in [0.3, 0.4) is 0 Å². The molecule has 0 fully saturated rings. The summed E-state index contributed by atoms with van der Waals surface area (Å²) in [7, 11) is 0. The van der Waals surface area contributed by atoms with Crippen molar-refractivity contribution < 1.29 is 0 Å². The standard InChI is InChI=1S/C10H16N6S/c1-10(2,3)8-13-14-9(17-8)11-4-6-16-7-5-12-15-16/h5,7H,4,6H2,1-3H3,(H,11,14). The molecule has 0 bridgehead atoms. The molecule has 2 aromatic heterocycles. The van der Waals surface area contributed by atoms with Gasteiger partial charge in [0.15, 0.2) is 0 Å². The summed E-state index contributed by atoms with van der Waals surface area (Å²) in [5.74, 6) is 0. The molecule has 0 aromatic carbocycles. The molecule has 0 saturated heterocycles. The molecule has 0 aliphatic carbocycles. The van der Waals surface area contributed by atoms with Gasteiger partial charge in [-0.3, -0.25) is 4.68 Å². The fraction of sp³-hybridized carbons (Fsp3) is 0.600. The zero-order valence-corrected chi connectivity index (χ0v) is 11.0. The van der Waals surface area contributed by atoms with Gasteiger partial charge in [-0.25, -0.2) is 0 Å². The Kier molecular flexibility index (Phi) is 3.37. The Morgan fingerprint density at radius 1 is 1.35 bits per heavy atom. The lowest BCUT2D eigenvalue weighted by Gasteiger charge is -2.12. The van der Waals surface area contributed by atoms with Gasteiger partial charge in [-0.05, 0) is 0 Å². The molecule has 92 valence electrons. The van der Waals surface area contributed by atoms with Gasteiger partial charge in [0.1, 0.15) is 5.01 Å². The van der Waals surface area contributed by atoms with Crippen LogP contribution in [-0.4, -0.2) is 31.7 Å². The third-order valence-corrected chi connectivity index (χ3v) is 3.46. The maximum Gasteiger partial charge on any atom is 0.205 e. The quantitative estimate of drug-likeness (QED) is 0.894. The highest BCUT2D eigenvalue weighted by atomic mass is 32.1. The first-order valence-corrected chi connectivity index (χ1v) is 6.29. The Labute approximate surface area is 104 Å². The van der Waals surface area contributed by atoms with Crippen LogP contribution in [0.5, 0.6) is 0 Å². The number of nitrogens with one attached hydrogen (secondary N) is 1. The van der Waals surface area contributed by atoms with Gasteiger partial charge in [-0.2, -0.15) is 0 Å². The lowest BCUT2D eigenvalue weighted by atomic mass is 9.98. The number of nitrogens with zero attached hydrogens (tertiary/aromatic N) is 5. The lowest BCUT2D eigenvalue weighted by Crippen LogP contribution is -2.10. The minimum absolute atomic E-state index is 0.0590. The number of rotatable bonds is 4. The predicted molar refractivity (Wildman–Crippen MR) is 67.1 cm³/mol. The van der Waals surface area contributed by atoms with Crippen molar-refractivity contribution >= 4 is 16.5 Å². The second kappa shape index (κ2) is 4.79. The lowest BCUT2D eigenvalue weighted by molar-refractivity contribution is 0.578. The van der Waals surface area contributed by atoms with Crippen molar-refractivity contribution in [3.63, 3.8) is 0 Å². The smallest absolute Gasteiger partial charge is 0.205 e. The van der Waals surface area contributed by atoms with Crippen molar-refractivity contribution in [2.24, 2.45) is 0 Å². The van der Waals surface area contributed by atoms with Crippen molar-refractivity contribution in [2.75, 3.05) is 11.9 Å². The third-order valence-electron chi connectivity index (χ3n) is 2.16. The van der Waals surface area contributed by atoms with E-state index >= 15 is 0 Å². The number of anilines is 1. The van der Waals surface area contributed by atoms with Gasteiger partial charge in [-0.1, -0.05) is 37.3 Å². The van der Waals surface area contributed by atoms with E-state index in [-0.39, 0.29) is 5.41 Å². The van der Waals surface area contributed by atoms with E-state index < -0.39 is 0 Å². The molecular weight excluding hydrogens is 236 g/mol. The minimum atomic E-state index is 0.0590. The largest absolute Gasteiger partial charge is 0.358 e. The van der Waals surface area contributed by atoms with Crippen LogP contribution in [0.4, 0.5) is 5.13 Å². The van der Waals surface area contributed by atoms with Crippen LogP contribution < -0.4 is 5.32 Å². The molecule has 2 aromatic rings. The van der Waals surface area contributed by atoms with Gasteiger partial charge < -0.3 is 5.32 Å². The van der Waals surface area contributed by atoms with E-state index in [2.05, 4.69) is 46.6 Å². The van der Waals surface area contributed by atoms with E-state index in [0.29, 0.717) is 0 Å². The van der Waals surface area contributed by atoms with E-state index in [1.54, 1.807) is 22.2 Å². The number of hydrogen-bond donors (Lipinski definition) is 1. The molecular formula is C10H16N6S. The molecule has 7 heteroatoms. The van der Waals surface area contributed by atoms with Gasteiger partial charge in [0.2, 0.25) is 5.13 Å². The minimum Gasteiger partial charge on any atom is -0.358 e. The van der Waals surface area contributed by atoms with E-state index in [9.17, 15) is 0 Å². The molecule has 1 N–H and O–H groups in total. The summed E-state index contributed by atoms with van der Waals surface area (Å²) in [6.07, 6.45) is 3.50. The Morgan fingerprint density at radius 2 is 2.18 bits per heavy atom. The van der Waals surface area contributed by atoms with Crippen molar-refractivity contribution in [2.45, 2.75) is 32.7 Å². The topological polar surface area (TPSA) is 68.5 Å². The molecule has 0 amide bonds. The zero-order chi connectivity index (χ0) is 12.3. The molecule has 0 radical (unpaired) electrons. The van der Waals surface area contributed by atoms with E-state index in [4.69, 9.17) is 0 Å². The molecule has 0 saturated carbocycles. The fourth-order valence-electron chi connectivity index (χ4n) is 1.23. The van der Waals surface area contributed by atoms with Crippen molar-refractivity contribution in [3.05, 3.63) is 17.4 Å². The summed E-state index contributed by atoms with van der Waals surface area (Å²) >= 11 is 1.60. The summed E-state index contributed by atoms with van der Waals surface area (Å²) < 4.78 is 1.78. The van der Waals surface area contributed by atoms with Crippen LogP contribution in [0.25, 0.3) is 0 Å². The van der Waals surface area contributed by atoms with E-state index in [1.807, 2.05) is 6.20 Å². The molecule has 0 aliphatic heterocycles. The van der Waals surface area contributed by atoms with Crippen LogP contribution in [0.15, 0.2) is 12.4 Å². The van der Waals surface area contributed by atoms with Gasteiger partial charge in [0.05, 0.1) is 12.7 Å². The van der Waals surface area contributed by atoms with Crippen LogP contribution >= 0.6 is 11.3 Å². The maximum atomic E-state index is 4.17. The van der Waals surface area contributed by atoms with E-state index in [0.717, 1.165) is 23.2 Å². The van der Waals surface area contributed by atoms with Crippen LogP contribution in [0.2, 0.25) is 0 Å². The second-order valence-electron chi connectivity index (χ2n) is 4.76. The SMILES string of the molecule is CC(C)(C)c1nnc(NCCn2ccnn2)s1. The molecule has 2 heterocycles. The van der Waals surface area contributed by atoms with Gasteiger partial charge in [0, 0.05) is 18.2 Å². The Bertz CT molecular complexity index is 455. The maximum absolute atomic E-state index is 4.17. The molecule has 2 rings (SSSR count). The molecule has 17 heavy (non-hydrogen) atoms. The third kappa shape index (κ3) is 3.23. The highest BCUT2D eigenvalue weighted by molar-refractivity contribution is 7.15. The fourth-order valence-corrected chi connectivity index (χ4v) is 2.05. The van der Waals surface area contributed by atoms with Crippen molar-refractivity contribution in [3.8, 4) is 0 Å². The Hall–Kier alpha value is -1.50. The molecule has 0 aliphatic rings. The Morgan fingerprint density at radius 3 is 2.76 bits per heavy atom. The number of aromatic nitrogens is 5. The molecule has 0 unspecified atom stereocenters. The van der Waals surface area contributed by atoms with Crippen molar-refractivity contribution in [1.82, 2.24) is 25.2 Å². The zero-order valence-electron chi connectivity index (χ0n) is 10.2. The Balaban J connectivity index is 1.85. The first kappa shape index (κ1) is 12.0.